The van der Waals surface area contributed by atoms with Gasteiger partial charge in [0.15, 0.2) is 0 Å². The second kappa shape index (κ2) is 11.3. The van der Waals surface area contributed by atoms with Gasteiger partial charge in [0.2, 0.25) is 0 Å². The summed E-state index contributed by atoms with van der Waals surface area (Å²) in [4.78, 5) is 4.61. The molecule has 40 heavy (non-hydrogen) atoms. The lowest BCUT2D eigenvalue weighted by Crippen LogP contribution is -2.11. The van der Waals surface area contributed by atoms with Crippen molar-refractivity contribution in [2.24, 2.45) is 0 Å². The maximum Gasteiger partial charge on any atom is 0.129 e. The first-order chi connectivity index (χ1) is 19.2. The molecular formula is C36H37N3O. The van der Waals surface area contributed by atoms with Crippen molar-refractivity contribution in [1.82, 2.24) is 4.98 Å². The lowest BCUT2D eigenvalue weighted by molar-refractivity contribution is 0.483. The number of pyridine rings is 1. The standard InChI is InChI=1S/C36H37N3O/c1-24-19-25(2)35(26(3)20-24)39-33-16-8-7-15-32(33)38-29-12-10-14-31(23-29)40-30-13-9-11-27(21-30)34-22-28(17-18-37-34)36(4,5)6/h7-23,38-39H,1-6H3. The van der Waals surface area contributed by atoms with E-state index in [0.717, 1.165) is 45.5 Å². The van der Waals surface area contributed by atoms with Crippen LogP contribution < -0.4 is 15.4 Å². The number of benzene rings is 4. The Hall–Kier alpha value is -4.57. The molecule has 5 aromatic rings. The van der Waals surface area contributed by atoms with Crippen LogP contribution in [-0.2, 0) is 5.41 Å². The van der Waals surface area contributed by atoms with Gasteiger partial charge in [-0.3, -0.25) is 4.98 Å². The minimum absolute atomic E-state index is 0.0607. The smallest absolute Gasteiger partial charge is 0.129 e. The first-order valence-electron chi connectivity index (χ1n) is 13.7. The van der Waals surface area contributed by atoms with Crippen LogP contribution in [0.15, 0.2) is 103 Å². The molecule has 0 saturated carbocycles. The Kier molecular flexibility index (Phi) is 7.61. The zero-order valence-corrected chi connectivity index (χ0v) is 24.2. The van der Waals surface area contributed by atoms with Gasteiger partial charge in [0, 0.05) is 29.2 Å². The van der Waals surface area contributed by atoms with E-state index in [1.54, 1.807) is 0 Å². The number of nitrogens with zero attached hydrogens (tertiary/aromatic N) is 1. The summed E-state index contributed by atoms with van der Waals surface area (Å²) < 4.78 is 6.30. The van der Waals surface area contributed by atoms with Crippen molar-refractivity contribution in [3.8, 4) is 22.8 Å². The highest BCUT2D eigenvalue weighted by molar-refractivity contribution is 5.80. The Balaban J connectivity index is 1.35. The molecule has 0 aliphatic rings. The first kappa shape index (κ1) is 27.0. The number of aromatic nitrogens is 1. The molecule has 0 bridgehead atoms. The fraction of sp³-hybridized carbons (Fsp3) is 0.194. The van der Waals surface area contributed by atoms with Gasteiger partial charge in [0.1, 0.15) is 11.5 Å². The summed E-state index contributed by atoms with van der Waals surface area (Å²) in [5.74, 6) is 1.53. The van der Waals surface area contributed by atoms with E-state index in [4.69, 9.17) is 4.74 Å². The molecule has 5 rings (SSSR count). The van der Waals surface area contributed by atoms with Crippen LogP contribution in [0.5, 0.6) is 11.5 Å². The van der Waals surface area contributed by atoms with E-state index in [-0.39, 0.29) is 5.41 Å². The van der Waals surface area contributed by atoms with Crippen LogP contribution in [-0.4, -0.2) is 4.98 Å². The highest BCUT2D eigenvalue weighted by Crippen LogP contribution is 2.34. The average molecular weight is 528 g/mol. The molecular weight excluding hydrogens is 490 g/mol. The lowest BCUT2D eigenvalue weighted by Gasteiger charge is -2.19. The average Bonchev–Trinajstić information content (AvgIpc) is 2.91. The molecule has 1 aromatic heterocycles. The number of para-hydroxylation sites is 2. The van der Waals surface area contributed by atoms with E-state index in [0.29, 0.717) is 0 Å². The van der Waals surface area contributed by atoms with Crippen molar-refractivity contribution in [2.75, 3.05) is 10.6 Å². The molecule has 0 atom stereocenters. The fourth-order valence-electron chi connectivity index (χ4n) is 4.92. The molecule has 0 radical (unpaired) electrons. The highest BCUT2D eigenvalue weighted by atomic mass is 16.5. The third-order valence-corrected chi connectivity index (χ3v) is 6.97. The van der Waals surface area contributed by atoms with E-state index in [2.05, 4.69) is 99.6 Å². The second-order valence-corrected chi connectivity index (χ2v) is 11.4. The molecule has 0 fully saturated rings. The summed E-state index contributed by atoms with van der Waals surface area (Å²) in [7, 11) is 0. The molecule has 0 unspecified atom stereocenters. The summed E-state index contributed by atoms with van der Waals surface area (Å²) in [6, 6.07) is 33.0. The van der Waals surface area contributed by atoms with Crippen molar-refractivity contribution in [3.63, 3.8) is 0 Å². The SMILES string of the molecule is Cc1cc(C)c(Nc2ccccc2Nc2cccc(Oc3cccc(-c4cc(C(C)(C)C)ccn4)c3)c2)c(C)c1. The molecule has 0 aliphatic heterocycles. The first-order valence-corrected chi connectivity index (χ1v) is 13.7. The molecule has 4 heteroatoms. The van der Waals surface area contributed by atoms with E-state index in [1.807, 2.05) is 60.8 Å². The number of ether oxygens (including phenoxy) is 1. The van der Waals surface area contributed by atoms with Crippen LogP contribution in [0.4, 0.5) is 22.7 Å². The fourth-order valence-corrected chi connectivity index (χ4v) is 4.92. The summed E-state index contributed by atoms with van der Waals surface area (Å²) in [5.41, 5.74) is 11.1. The maximum absolute atomic E-state index is 6.30. The van der Waals surface area contributed by atoms with E-state index < -0.39 is 0 Å². The monoisotopic (exact) mass is 527 g/mol. The van der Waals surface area contributed by atoms with Crippen LogP contribution in [0.3, 0.4) is 0 Å². The number of nitrogens with one attached hydrogen (secondary N) is 2. The van der Waals surface area contributed by atoms with Crippen molar-refractivity contribution in [2.45, 2.75) is 47.0 Å². The maximum atomic E-state index is 6.30. The van der Waals surface area contributed by atoms with Gasteiger partial charge < -0.3 is 15.4 Å². The van der Waals surface area contributed by atoms with Crippen LogP contribution in [0.2, 0.25) is 0 Å². The van der Waals surface area contributed by atoms with Gasteiger partial charge in [-0.05, 0) is 91.4 Å². The lowest BCUT2D eigenvalue weighted by atomic mass is 9.87. The summed E-state index contributed by atoms with van der Waals surface area (Å²) in [5, 5.41) is 7.22. The zero-order valence-electron chi connectivity index (χ0n) is 24.2. The van der Waals surface area contributed by atoms with Gasteiger partial charge in [0.05, 0.1) is 17.1 Å². The van der Waals surface area contributed by atoms with Crippen LogP contribution in [0.25, 0.3) is 11.3 Å². The summed E-state index contributed by atoms with van der Waals surface area (Å²) in [6.45, 7) is 13.1. The van der Waals surface area contributed by atoms with Gasteiger partial charge in [-0.15, -0.1) is 0 Å². The third kappa shape index (κ3) is 6.35. The van der Waals surface area contributed by atoms with Gasteiger partial charge in [-0.2, -0.15) is 0 Å². The Bertz CT molecular complexity index is 1630. The quantitative estimate of drug-likeness (QED) is 0.221. The largest absolute Gasteiger partial charge is 0.457 e. The normalized spacial score (nSPS) is 11.2. The minimum Gasteiger partial charge on any atom is -0.457 e. The molecule has 1 heterocycles. The van der Waals surface area contributed by atoms with Gasteiger partial charge in [-0.1, -0.05) is 68.8 Å². The van der Waals surface area contributed by atoms with Gasteiger partial charge in [0.25, 0.3) is 0 Å². The highest BCUT2D eigenvalue weighted by Gasteiger charge is 2.15. The minimum atomic E-state index is 0.0607. The molecule has 0 spiro atoms. The van der Waals surface area contributed by atoms with Gasteiger partial charge >= 0.3 is 0 Å². The van der Waals surface area contributed by atoms with Crippen LogP contribution in [0.1, 0.15) is 43.0 Å². The molecule has 4 nitrogen and oxygen atoms in total. The topological polar surface area (TPSA) is 46.2 Å². The predicted molar refractivity (Wildman–Crippen MR) is 169 cm³/mol. The number of rotatable bonds is 7. The number of hydrogen-bond acceptors (Lipinski definition) is 4. The summed E-state index contributed by atoms with van der Waals surface area (Å²) in [6.07, 6.45) is 1.88. The van der Waals surface area contributed by atoms with Crippen molar-refractivity contribution in [3.05, 3.63) is 126 Å². The molecule has 4 aromatic carbocycles. The third-order valence-electron chi connectivity index (χ3n) is 6.97. The Morgan fingerprint density at radius 2 is 1.30 bits per heavy atom. The van der Waals surface area contributed by atoms with Crippen molar-refractivity contribution in [1.29, 1.82) is 0 Å². The predicted octanol–water partition coefficient (Wildman–Crippen LogP) is 10.3. The molecule has 202 valence electrons. The zero-order chi connectivity index (χ0) is 28.3. The van der Waals surface area contributed by atoms with Gasteiger partial charge in [-0.25, -0.2) is 0 Å². The molecule has 2 N–H and O–H groups in total. The Morgan fingerprint density at radius 3 is 2.00 bits per heavy atom. The van der Waals surface area contributed by atoms with E-state index in [1.165, 1.54) is 22.3 Å². The molecule has 0 amide bonds. The number of aryl methyl sites for hydroxylation is 3. The summed E-state index contributed by atoms with van der Waals surface area (Å²) >= 11 is 0. The Labute approximate surface area is 238 Å². The second-order valence-electron chi connectivity index (χ2n) is 11.4. The van der Waals surface area contributed by atoms with E-state index in [9.17, 15) is 0 Å². The van der Waals surface area contributed by atoms with Crippen LogP contribution in [0, 0.1) is 20.8 Å². The Morgan fingerprint density at radius 1 is 0.650 bits per heavy atom. The van der Waals surface area contributed by atoms with Crippen LogP contribution >= 0.6 is 0 Å². The molecule has 0 aliphatic carbocycles. The van der Waals surface area contributed by atoms with Crippen molar-refractivity contribution < 1.29 is 4.74 Å². The number of hydrogen-bond donors (Lipinski definition) is 2. The molecule has 0 saturated heterocycles. The van der Waals surface area contributed by atoms with Crippen molar-refractivity contribution >= 4 is 22.7 Å². The van der Waals surface area contributed by atoms with E-state index >= 15 is 0 Å². The number of anilines is 4.